The van der Waals surface area contributed by atoms with Crippen LogP contribution in [0.25, 0.3) is 0 Å². The van der Waals surface area contributed by atoms with Crippen LogP contribution in [0.1, 0.15) is 4.88 Å². The Kier molecular flexibility index (Phi) is 2.04. The summed E-state index contributed by atoms with van der Waals surface area (Å²) in [5.74, 6) is 0. The molecule has 4 nitrogen and oxygen atoms in total. The predicted octanol–water partition coefficient (Wildman–Crippen LogP) is 1.08. The molecule has 2 aromatic heterocycles. The van der Waals surface area contributed by atoms with Crippen LogP contribution in [0.4, 0.5) is 0 Å². The van der Waals surface area contributed by atoms with Crippen LogP contribution in [0.2, 0.25) is 0 Å². The standard InChI is InChI=1S/C7H8N4S/c1-2-7(12-3-1)4-9-11-6-8-5-10-11/h1-3,5-6,9H,4H2. The third-order valence-electron chi connectivity index (χ3n) is 1.41. The largest absolute Gasteiger partial charge is 0.303 e. The molecule has 0 spiro atoms. The zero-order valence-corrected chi connectivity index (χ0v) is 7.16. The van der Waals surface area contributed by atoms with Gasteiger partial charge in [0.05, 0.1) is 6.54 Å². The van der Waals surface area contributed by atoms with Crippen LogP contribution in [-0.2, 0) is 6.54 Å². The second-order valence-corrected chi connectivity index (χ2v) is 3.29. The summed E-state index contributed by atoms with van der Waals surface area (Å²) in [5, 5.41) is 5.97. The van der Waals surface area contributed by atoms with Crippen molar-refractivity contribution in [2.45, 2.75) is 6.54 Å². The minimum absolute atomic E-state index is 0.793. The van der Waals surface area contributed by atoms with Gasteiger partial charge in [0, 0.05) is 4.88 Å². The van der Waals surface area contributed by atoms with E-state index >= 15 is 0 Å². The number of rotatable bonds is 3. The van der Waals surface area contributed by atoms with E-state index < -0.39 is 0 Å². The monoisotopic (exact) mass is 180 g/mol. The first-order valence-electron chi connectivity index (χ1n) is 3.56. The molecule has 2 aromatic rings. The molecule has 5 heteroatoms. The van der Waals surface area contributed by atoms with Crippen molar-refractivity contribution >= 4 is 11.3 Å². The van der Waals surface area contributed by atoms with E-state index in [0.29, 0.717) is 0 Å². The van der Waals surface area contributed by atoms with E-state index in [2.05, 4.69) is 27.0 Å². The van der Waals surface area contributed by atoms with Crippen molar-refractivity contribution in [2.75, 3.05) is 5.43 Å². The molecule has 0 saturated heterocycles. The highest BCUT2D eigenvalue weighted by Gasteiger charge is 1.92. The van der Waals surface area contributed by atoms with Crippen molar-refractivity contribution in [3.05, 3.63) is 35.0 Å². The van der Waals surface area contributed by atoms with Crippen LogP contribution in [0.3, 0.4) is 0 Å². The Morgan fingerprint density at radius 2 is 2.58 bits per heavy atom. The highest BCUT2D eigenvalue weighted by atomic mass is 32.1. The lowest BCUT2D eigenvalue weighted by Crippen LogP contribution is -2.13. The molecule has 0 amide bonds. The molecule has 0 aliphatic carbocycles. The zero-order chi connectivity index (χ0) is 8.23. The van der Waals surface area contributed by atoms with Gasteiger partial charge in [-0.3, -0.25) is 0 Å². The van der Waals surface area contributed by atoms with Crippen LogP contribution in [-0.4, -0.2) is 14.9 Å². The van der Waals surface area contributed by atoms with Crippen molar-refractivity contribution in [1.29, 1.82) is 0 Å². The van der Waals surface area contributed by atoms with Gasteiger partial charge in [0.25, 0.3) is 0 Å². The molecule has 0 aromatic carbocycles. The highest BCUT2D eigenvalue weighted by Crippen LogP contribution is 2.07. The van der Waals surface area contributed by atoms with E-state index in [9.17, 15) is 0 Å². The van der Waals surface area contributed by atoms with Crippen LogP contribution in [0, 0.1) is 0 Å². The first-order valence-corrected chi connectivity index (χ1v) is 4.44. The molecule has 12 heavy (non-hydrogen) atoms. The van der Waals surface area contributed by atoms with Gasteiger partial charge in [-0.05, 0) is 11.4 Å². The Morgan fingerprint density at radius 3 is 3.25 bits per heavy atom. The van der Waals surface area contributed by atoms with Crippen molar-refractivity contribution in [2.24, 2.45) is 0 Å². The molecular weight excluding hydrogens is 172 g/mol. The fourth-order valence-electron chi connectivity index (χ4n) is 0.862. The van der Waals surface area contributed by atoms with Gasteiger partial charge in [0.15, 0.2) is 0 Å². The van der Waals surface area contributed by atoms with Crippen molar-refractivity contribution in [3.8, 4) is 0 Å². The normalized spacial score (nSPS) is 10.0. The minimum Gasteiger partial charge on any atom is -0.303 e. The molecule has 0 bridgehead atoms. The first-order chi connectivity index (χ1) is 5.95. The van der Waals surface area contributed by atoms with E-state index in [-0.39, 0.29) is 0 Å². The van der Waals surface area contributed by atoms with Crippen LogP contribution in [0.5, 0.6) is 0 Å². The molecule has 62 valence electrons. The van der Waals surface area contributed by atoms with Gasteiger partial charge in [-0.25, -0.2) is 4.98 Å². The van der Waals surface area contributed by atoms with Gasteiger partial charge in [0.2, 0.25) is 0 Å². The lowest BCUT2D eigenvalue weighted by molar-refractivity contribution is 0.733. The second kappa shape index (κ2) is 3.36. The summed E-state index contributed by atoms with van der Waals surface area (Å²) in [5.41, 5.74) is 3.08. The Morgan fingerprint density at radius 1 is 1.58 bits per heavy atom. The Labute approximate surface area is 73.8 Å². The number of hydrogen-bond donors (Lipinski definition) is 1. The smallest absolute Gasteiger partial charge is 0.139 e. The van der Waals surface area contributed by atoms with E-state index in [1.165, 1.54) is 11.2 Å². The maximum Gasteiger partial charge on any atom is 0.139 e. The van der Waals surface area contributed by atoms with E-state index in [0.717, 1.165) is 6.54 Å². The molecule has 2 heterocycles. The van der Waals surface area contributed by atoms with Gasteiger partial charge < -0.3 is 5.43 Å². The van der Waals surface area contributed by atoms with Crippen molar-refractivity contribution in [3.63, 3.8) is 0 Å². The zero-order valence-electron chi connectivity index (χ0n) is 6.34. The lowest BCUT2D eigenvalue weighted by atomic mass is 10.5. The third-order valence-corrected chi connectivity index (χ3v) is 2.29. The minimum atomic E-state index is 0.793. The fraction of sp³-hybridized carbons (Fsp3) is 0.143. The molecule has 0 atom stereocenters. The highest BCUT2D eigenvalue weighted by molar-refractivity contribution is 7.09. The number of hydrogen-bond acceptors (Lipinski definition) is 4. The maximum absolute atomic E-state index is 3.91. The van der Waals surface area contributed by atoms with Crippen molar-refractivity contribution < 1.29 is 0 Å². The van der Waals surface area contributed by atoms with E-state index in [4.69, 9.17) is 0 Å². The lowest BCUT2D eigenvalue weighted by Gasteiger charge is -2.01. The third kappa shape index (κ3) is 1.62. The molecule has 0 aliphatic rings. The topological polar surface area (TPSA) is 42.7 Å². The summed E-state index contributed by atoms with van der Waals surface area (Å²) in [7, 11) is 0. The molecule has 1 N–H and O–H groups in total. The first kappa shape index (κ1) is 7.30. The molecular formula is C7H8N4S. The average molecular weight is 180 g/mol. The molecule has 2 rings (SSSR count). The maximum atomic E-state index is 3.91. The number of nitrogens with one attached hydrogen (secondary N) is 1. The summed E-state index contributed by atoms with van der Waals surface area (Å²) >= 11 is 1.72. The van der Waals surface area contributed by atoms with Gasteiger partial charge in [0.1, 0.15) is 12.7 Å². The van der Waals surface area contributed by atoms with E-state index in [1.807, 2.05) is 6.07 Å². The van der Waals surface area contributed by atoms with E-state index in [1.54, 1.807) is 22.5 Å². The molecule has 0 saturated carbocycles. The Hall–Kier alpha value is -1.36. The number of nitrogens with zero attached hydrogens (tertiary/aromatic N) is 3. The summed E-state index contributed by atoms with van der Waals surface area (Å²) < 4.78 is 0. The summed E-state index contributed by atoms with van der Waals surface area (Å²) in [4.78, 5) is 6.69. The van der Waals surface area contributed by atoms with Gasteiger partial charge in [-0.1, -0.05) is 6.07 Å². The van der Waals surface area contributed by atoms with Gasteiger partial charge >= 0.3 is 0 Å². The number of thiophene rings is 1. The molecule has 0 radical (unpaired) electrons. The van der Waals surface area contributed by atoms with Crippen LogP contribution < -0.4 is 5.43 Å². The van der Waals surface area contributed by atoms with Gasteiger partial charge in [-0.2, -0.15) is 4.79 Å². The average Bonchev–Trinajstić information content (AvgIpc) is 2.74. The second-order valence-electron chi connectivity index (χ2n) is 2.25. The molecule has 0 aliphatic heterocycles. The van der Waals surface area contributed by atoms with Gasteiger partial charge in [-0.15, -0.1) is 16.4 Å². The van der Waals surface area contributed by atoms with Crippen molar-refractivity contribution in [1.82, 2.24) is 14.9 Å². The quantitative estimate of drug-likeness (QED) is 0.768. The Balaban J connectivity index is 1.91. The predicted molar refractivity (Wildman–Crippen MR) is 47.4 cm³/mol. The van der Waals surface area contributed by atoms with Crippen LogP contribution in [0.15, 0.2) is 30.2 Å². The number of aromatic nitrogens is 3. The molecule has 0 fully saturated rings. The summed E-state index contributed by atoms with van der Waals surface area (Å²) in [6.07, 6.45) is 3.13. The molecule has 0 unspecified atom stereocenters. The Bertz CT molecular complexity index is 279. The summed E-state index contributed by atoms with van der Waals surface area (Å²) in [6.45, 7) is 0.793. The summed E-state index contributed by atoms with van der Waals surface area (Å²) in [6, 6.07) is 4.11. The SMILES string of the molecule is c1csc(CNn2cncn2)c1. The fourth-order valence-corrected chi connectivity index (χ4v) is 1.50. The van der Waals surface area contributed by atoms with Crippen LogP contribution >= 0.6 is 11.3 Å².